The summed E-state index contributed by atoms with van der Waals surface area (Å²) in [5.41, 5.74) is 4.12. The third-order valence-electron chi connectivity index (χ3n) is 6.08. The molecule has 0 bridgehead atoms. The highest BCUT2D eigenvalue weighted by Crippen LogP contribution is 2.31. The molecule has 152 valence electrons. The number of nitrogens with one attached hydrogen (secondary N) is 1. The zero-order chi connectivity index (χ0) is 20.4. The summed E-state index contributed by atoms with van der Waals surface area (Å²) in [6.07, 6.45) is 4.77. The number of fused-ring (bicyclic) bond motifs is 1. The minimum atomic E-state index is -1.14. The van der Waals surface area contributed by atoms with E-state index in [4.69, 9.17) is 4.74 Å². The Morgan fingerprint density at radius 1 is 1.21 bits per heavy atom. The summed E-state index contributed by atoms with van der Waals surface area (Å²) < 4.78 is 7.27. The average Bonchev–Trinajstić information content (AvgIpc) is 3.34. The summed E-state index contributed by atoms with van der Waals surface area (Å²) in [4.78, 5) is 12.2. The van der Waals surface area contributed by atoms with Crippen molar-refractivity contribution in [2.24, 2.45) is 0 Å². The van der Waals surface area contributed by atoms with Gasteiger partial charge in [-0.2, -0.15) is 0 Å². The molecule has 0 spiro atoms. The first kappa shape index (κ1) is 19.5. The number of hydrogen-bond acceptors (Lipinski definition) is 4. The summed E-state index contributed by atoms with van der Waals surface area (Å²) in [5.74, 6) is -0.432. The molecule has 0 atom stereocenters. The molecular weight excluding hydrogens is 364 g/mol. The highest BCUT2D eigenvalue weighted by molar-refractivity contribution is 5.98. The topological polar surface area (TPSA) is 66.3 Å². The lowest BCUT2D eigenvalue weighted by atomic mass is 10.1. The van der Waals surface area contributed by atoms with Crippen LogP contribution in [0.15, 0.2) is 42.5 Å². The van der Waals surface area contributed by atoms with Crippen LogP contribution in [0.4, 0.5) is 0 Å². The van der Waals surface area contributed by atoms with E-state index in [1.54, 1.807) is 7.11 Å². The van der Waals surface area contributed by atoms with Gasteiger partial charge in [-0.15, -0.1) is 0 Å². The van der Waals surface area contributed by atoms with Crippen LogP contribution in [0.5, 0.6) is 5.75 Å². The molecule has 1 heterocycles. The van der Waals surface area contributed by atoms with Crippen LogP contribution in [-0.2, 0) is 13.1 Å². The molecule has 1 aliphatic carbocycles. The lowest BCUT2D eigenvalue weighted by Gasteiger charge is -2.16. The van der Waals surface area contributed by atoms with Crippen LogP contribution >= 0.6 is 0 Å². The summed E-state index contributed by atoms with van der Waals surface area (Å²) >= 11 is 0. The molecule has 1 aliphatic rings. The fourth-order valence-corrected chi connectivity index (χ4v) is 4.44. The summed E-state index contributed by atoms with van der Waals surface area (Å²) in [5, 5.41) is 16.7. The number of hydrogen-bond donors (Lipinski definition) is 1. The van der Waals surface area contributed by atoms with Gasteiger partial charge in [0.1, 0.15) is 5.75 Å². The molecule has 0 aliphatic heterocycles. The summed E-state index contributed by atoms with van der Waals surface area (Å²) in [7, 11) is 1.62. The molecule has 0 saturated heterocycles. The van der Waals surface area contributed by atoms with E-state index in [1.807, 2.05) is 54.0 Å². The lowest BCUT2D eigenvalue weighted by Crippen LogP contribution is -2.30. The van der Waals surface area contributed by atoms with Crippen molar-refractivity contribution in [3.8, 4) is 5.75 Å². The van der Waals surface area contributed by atoms with Crippen molar-refractivity contribution in [3.05, 3.63) is 64.8 Å². The first-order valence-corrected chi connectivity index (χ1v) is 10.3. The van der Waals surface area contributed by atoms with Crippen molar-refractivity contribution in [1.82, 2.24) is 9.88 Å². The number of ether oxygens (including phenoxy) is 1. The maximum atomic E-state index is 12.2. The molecule has 0 radical (unpaired) electrons. The van der Waals surface area contributed by atoms with Gasteiger partial charge in [-0.3, -0.25) is 0 Å². The largest absolute Gasteiger partial charge is 0.543 e. The van der Waals surface area contributed by atoms with E-state index >= 15 is 0 Å². The van der Waals surface area contributed by atoms with Crippen molar-refractivity contribution in [1.29, 1.82) is 0 Å². The number of aromatic carboxylic acids is 1. The molecule has 1 saturated carbocycles. The standard InChI is InChI=1S/C24H28N2O3/c1-16-7-3-4-8-17(16)15-26-22-13-19(29-2)11-12-20(22)21(23(26)24(27)28)14-25-18-9-5-6-10-18/h3-4,7-8,11-13,18,25H,5-6,9-10,14-15H2,1-2H3,(H,27,28)/p-1. The Balaban J connectivity index is 1.83. The van der Waals surface area contributed by atoms with Gasteiger partial charge >= 0.3 is 0 Å². The van der Waals surface area contributed by atoms with E-state index in [1.165, 1.54) is 12.8 Å². The molecule has 1 fully saturated rings. The van der Waals surface area contributed by atoms with Crippen LogP contribution in [0.25, 0.3) is 10.9 Å². The number of carbonyl (C=O) groups excluding carboxylic acids is 1. The second-order valence-electron chi connectivity index (χ2n) is 7.87. The van der Waals surface area contributed by atoms with Gasteiger partial charge in [0.2, 0.25) is 0 Å². The number of rotatable bonds is 7. The third kappa shape index (κ3) is 3.87. The molecule has 1 N–H and O–H groups in total. The van der Waals surface area contributed by atoms with Gasteiger partial charge in [-0.25, -0.2) is 0 Å². The van der Waals surface area contributed by atoms with Gasteiger partial charge in [0.25, 0.3) is 0 Å². The Morgan fingerprint density at radius 2 is 1.97 bits per heavy atom. The normalized spacial score (nSPS) is 14.6. The first-order valence-electron chi connectivity index (χ1n) is 10.3. The number of carbonyl (C=O) groups is 1. The SMILES string of the molecule is COc1ccc2c(CNC3CCCC3)c(C(=O)[O-])n(Cc3ccccc3C)c2c1. The Kier molecular flexibility index (Phi) is 5.58. The molecule has 3 aromatic rings. The maximum absolute atomic E-state index is 12.2. The molecule has 5 nitrogen and oxygen atoms in total. The Hall–Kier alpha value is -2.79. The predicted octanol–water partition coefficient (Wildman–Crippen LogP) is 3.40. The summed E-state index contributed by atoms with van der Waals surface area (Å²) in [6, 6.07) is 14.3. The fourth-order valence-electron chi connectivity index (χ4n) is 4.44. The Morgan fingerprint density at radius 3 is 2.66 bits per heavy atom. The van der Waals surface area contributed by atoms with E-state index in [0.717, 1.165) is 40.4 Å². The number of carboxylic acid groups (broad SMARTS) is 1. The van der Waals surface area contributed by atoms with Gasteiger partial charge in [-0.1, -0.05) is 37.1 Å². The second-order valence-corrected chi connectivity index (χ2v) is 7.87. The van der Waals surface area contributed by atoms with Crippen LogP contribution in [0, 0.1) is 6.92 Å². The summed E-state index contributed by atoms with van der Waals surface area (Å²) in [6.45, 7) is 3.05. The van der Waals surface area contributed by atoms with Crippen molar-refractivity contribution in [3.63, 3.8) is 0 Å². The van der Waals surface area contributed by atoms with Crippen LogP contribution in [0.1, 0.15) is 52.9 Å². The van der Waals surface area contributed by atoms with Crippen molar-refractivity contribution in [2.45, 2.75) is 51.7 Å². The van der Waals surface area contributed by atoms with Gasteiger partial charge in [0.05, 0.1) is 24.3 Å². The minimum Gasteiger partial charge on any atom is -0.543 e. The van der Waals surface area contributed by atoms with Crippen LogP contribution in [0.3, 0.4) is 0 Å². The third-order valence-corrected chi connectivity index (χ3v) is 6.08. The van der Waals surface area contributed by atoms with Crippen LogP contribution in [-0.4, -0.2) is 23.7 Å². The zero-order valence-corrected chi connectivity index (χ0v) is 17.0. The highest BCUT2D eigenvalue weighted by Gasteiger charge is 2.21. The first-order chi connectivity index (χ1) is 14.1. The number of nitrogens with zero attached hydrogens (tertiary/aromatic N) is 1. The van der Waals surface area contributed by atoms with Gasteiger partial charge in [0, 0.05) is 36.1 Å². The molecule has 29 heavy (non-hydrogen) atoms. The van der Waals surface area contributed by atoms with E-state index < -0.39 is 5.97 Å². The average molecular weight is 391 g/mol. The Bertz CT molecular complexity index is 1030. The lowest BCUT2D eigenvalue weighted by molar-refractivity contribution is -0.255. The van der Waals surface area contributed by atoms with E-state index in [0.29, 0.717) is 24.9 Å². The molecule has 2 aromatic carbocycles. The van der Waals surface area contributed by atoms with E-state index in [-0.39, 0.29) is 5.69 Å². The minimum absolute atomic E-state index is 0.252. The number of aromatic nitrogens is 1. The zero-order valence-electron chi connectivity index (χ0n) is 17.0. The van der Waals surface area contributed by atoms with Crippen LogP contribution in [0.2, 0.25) is 0 Å². The maximum Gasteiger partial charge on any atom is 0.120 e. The monoisotopic (exact) mass is 391 g/mol. The quantitative estimate of drug-likeness (QED) is 0.670. The fraction of sp³-hybridized carbons (Fsp3) is 0.375. The Labute approximate surface area is 171 Å². The van der Waals surface area contributed by atoms with Crippen molar-refractivity contribution < 1.29 is 14.6 Å². The molecule has 0 amide bonds. The van der Waals surface area contributed by atoms with Gasteiger partial charge < -0.3 is 24.5 Å². The van der Waals surface area contributed by atoms with Crippen molar-refractivity contribution >= 4 is 16.9 Å². The molecule has 0 unspecified atom stereocenters. The van der Waals surface area contributed by atoms with Gasteiger partial charge in [-0.05, 0) is 43.0 Å². The van der Waals surface area contributed by atoms with E-state index in [9.17, 15) is 9.90 Å². The molecule has 5 heteroatoms. The molecular formula is C24H27N2O3-. The number of benzene rings is 2. The van der Waals surface area contributed by atoms with Crippen LogP contribution < -0.4 is 15.2 Å². The predicted molar refractivity (Wildman–Crippen MR) is 112 cm³/mol. The number of methoxy groups -OCH3 is 1. The number of aryl methyl sites for hydroxylation is 1. The van der Waals surface area contributed by atoms with E-state index in [2.05, 4.69) is 5.32 Å². The molecule has 4 rings (SSSR count). The molecule has 1 aromatic heterocycles. The second kappa shape index (κ2) is 8.29. The number of carboxylic acids is 1. The highest BCUT2D eigenvalue weighted by atomic mass is 16.5. The van der Waals surface area contributed by atoms with Crippen molar-refractivity contribution in [2.75, 3.05) is 7.11 Å². The van der Waals surface area contributed by atoms with Gasteiger partial charge in [0.15, 0.2) is 0 Å². The smallest absolute Gasteiger partial charge is 0.120 e.